The summed E-state index contributed by atoms with van der Waals surface area (Å²) < 4.78 is 9.28. The van der Waals surface area contributed by atoms with Crippen LogP contribution in [0.5, 0.6) is 0 Å². The van der Waals surface area contributed by atoms with Crippen molar-refractivity contribution in [2.45, 2.75) is 38.5 Å². The van der Waals surface area contributed by atoms with Gasteiger partial charge in [-0.15, -0.1) is 0 Å². The van der Waals surface area contributed by atoms with E-state index >= 15 is 0 Å². The summed E-state index contributed by atoms with van der Waals surface area (Å²) in [5.74, 6) is 0. The number of benzene rings is 9. The van der Waals surface area contributed by atoms with E-state index in [-0.39, 0.29) is 10.8 Å². The summed E-state index contributed by atoms with van der Waals surface area (Å²) in [6.45, 7) is 9.47. The fraction of sp³-hybridized carbons (Fsp3) is 0.100. The van der Waals surface area contributed by atoms with Crippen LogP contribution in [0.2, 0.25) is 0 Å². The van der Waals surface area contributed by atoms with Gasteiger partial charge in [0.05, 0.1) is 27.8 Å². The van der Waals surface area contributed by atoms with Crippen molar-refractivity contribution in [2.24, 2.45) is 0 Å². The van der Waals surface area contributed by atoms with Gasteiger partial charge in [0.25, 0.3) is 0 Å². The zero-order valence-corrected chi connectivity index (χ0v) is 35.8. The Morgan fingerprint density at radius 1 is 0.413 bits per heavy atom. The van der Waals surface area contributed by atoms with Crippen molar-refractivity contribution in [1.29, 1.82) is 0 Å². The fourth-order valence-corrected chi connectivity index (χ4v) is 11.4. The van der Waals surface area contributed by atoms with Crippen molar-refractivity contribution in [3.8, 4) is 39.1 Å². The Hall–Kier alpha value is -7.62. The van der Waals surface area contributed by atoms with E-state index in [0.717, 1.165) is 55.8 Å². The molecular weight excluding hydrogens is 765 g/mol. The van der Waals surface area contributed by atoms with Gasteiger partial charge in [0.2, 0.25) is 0 Å². The van der Waals surface area contributed by atoms with E-state index in [1.165, 1.54) is 66.3 Å². The third kappa shape index (κ3) is 4.96. The molecule has 0 bridgehead atoms. The molecule has 2 aromatic heterocycles. The molecule has 0 spiro atoms. The molecular formula is C60H44N2O. The number of aromatic nitrogens is 1. The Balaban J connectivity index is 1.09. The van der Waals surface area contributed by atoms with Gasteiger partial charge in [0.15, 0.2) is 0 Å². The summed E-state index contributed by atoms with van der Waals surface area (Å²) in [7, 11) is 0. The number of furan rings is 1. The van der Waals surface area contributed by atoms with Crippen molar-refractivity contribution >= 4 is 60.8 Å². The zero-order chi connectivity index (χ0) is 42.2. The van der Waals surface area contributed by atoms with Gasteiger partial charge in [-0.25, -0.2) is 0 Å². The molecule has 11 aromatic rings. The Bertz CT molecular complexity index is 3690. The lowest BCUT2D eigenvalue weighted by molar-refractivity contribution is 0.660. The van der Waals surface area contributed by atoms with E-state index < -0.39 is 0 Å². The highest BCUT2D eigenvalue weighted by molar-refractivity contribution is 6.20. The molecule has 13 rings (SSSR count). The molecule has 0 fully saturated rings. The number of nitrogens with zero attached hydrogens (tertiary/aromatic N) is 2. The van der Waals surface area contributed by atoms with Crippen molar-refractivity contribution in [1.82, 2.24) is 4.57 Å². The van der Waals surface area contributed by atoms with Gasteiger partial charge in [-0.2, -0.15) is 0 Å². The fourth-order valence-electron chi connectivity index (χ4n) is 11.4. The van der Waals surface area contributed by atoms with Crippen molar-refractivity contribution in [3.63, 3.8) is 0 Å². The monoisotopic (exact) mass is 808 g/mol. The topological polar surface area (TPSA) is 21.3 Å². The van der Waals surface area contributed by atoms with Crippen LogP contribution in [-0.2, 0) is 10.8 Å². The smallest absolute Gasteiger partial charge is 0.137 e. The first-order valence-electron chi connectivity index (χ1n) is 22.1. The molecule has 0 amide bonds. The molecule has 3 nitrogen and oxygen atoms in total. The minimum Gasteiger partial charge on any atom is -0.456 e. The van der Waals surface area contributed by atoms with E-state index in [0.29, 0.717) is 0 Å². The van der Waals surface area contributed by atoms with Gasteiger partial charge < -0.3 is 13.9 Å². The van der Waals surface area contributed by atoms with Crippen LogP contribution in [0.1, 0.15) is 49.9 Å². The zero-order valence-electron chi connectivity index (χ0n) is 35.8. The van der Waals surface area contributed by atoms with Crippen LogP contribution in [0.15, 0.2) is 199 Å². The average molecular weight is 809 g/mol. The van der Waals surface area contributed by atoms with Gasteiger partial charge in [0, 0.05) is 43.9 Å². The highest BCUT2D eigenvalue weighted by Crippen LogP contribution is 2.57. The Kier molecular flexibility index (Phi) is 7.42. The predicted molar refractivity (Wildman–Crippen MR) is 263 cm³/mol. The second-order valence-electron chi connectivity index (χ2n) is 18.5. The number of para-hydroxylation sites is 2. The Labute approximate surface area is 367 Å². The number of hydrogen-bond acceptors (Lipinski definition) is 2. The van der Waals surface area contributed by atoms with Crippen molar-refractivity contribution in [3.05, 3.63) is 216 Å². The normalized spacial score (nSPS) is 14.3. The summed E-state index contributed by atoms with van der Waals surface area (Å²) in [5.41, 5.74) is 21.2. The molecule has 2 heterocycles. The van der Waals surface area contributed by atoms with Crippen LogP contribution < -0.4 is 4.90 Å². The van der Waals surface area contributed by atoms with Crippen LogP contribution in [0.4, 0.5) is 17.1 Å². The van der Waals surface area contributed by atoms with Gasteiger partial charge in [0.1, 0.15) is 11.2 Å². The van der Waals surface area contributed by atoms with E-state index in [1.54, 1.807) is 0 Å². The second kappa shape index (κ2) is 13.0. The lowest BCUT2D eigenvalue weighted by Gasteiger charge is -2.31. The first-order chi connectivity index (χ1) is 30.8. The van der Waals surface area contributed by atoms with Gasteiger partial charge >= 0.3 is 0 Å². The third-order valence-corrected chi connectivity index (χ3v) is 14.4. The molecule has 63 heavy (non-hydrogen) atoms. The first kappa shape index (κ1) is 36.1. The van der Waals surface area contributed by atoms with E-state index in [9.17, 15) is 0 Å². The van der Waals surface area contributed by atoms with Crippen LogP contribution in [-0.4, -0.2) is 4.57 Å². The molecule has 0 N–H and O–H groups in total. The summed E-state index contributed by atoms with van der Waals surface area (Å²) in [6, 6.07) is 71.5. The molecule has 0 atom stereocenters. The van der Waals surface area contributed by atoms with Gasteiger partial charge in [-0.05, 0) is 117 Å². The number of rotatable bonds is 5. The van der Waals surface area contributed by atoms with Crippen molar-refractivity contribution < 1.29 is 4.42 Å². The highest BCUT2D eigenvalue weighted by Gasteiger charge is 2.39. The van der Waals surface area contributed by atoms with E-state index in [1.807, 2.05) is 0 Å². The third-order valence-electron chi connectivity index (χ3n) is 14.4. The van der Waals surface area contributed by atoms with E-state index in [2.05, 4.69) is 231 Å². The van der Waals surface area contributed by atoms with Crippen LogP contribution >= 0.6 is 0 Å². The molecule has 2 aliphatic rings. The summed E-state index contributed by atoms with van der Waals surface area (Å²) in [5, 5.41) is 4.67. The van der Waals surface area contributed by atoms with Gasteiger partial charge in [-0.3, -0.25) is 0 Å². The molecule has 300 valence electrons. The quantitative estimate of drug-likeness (QED) is 0.173. The minimum absolute atomic E-state index is 0.154. The molecule has 2 aliphatic carbocycles. The lowest BCUT2D eigenvalue weighted by Crippen LogP contribution is -2.17. The van der Waals surface area contributed by atoms with Crippen LogP contribution in [0, 0.1) is 0 Å². The Morgan fingerprint density at radius 2 is 1.02 bits per heavy atom. The number of anilines is 3. The largest absolute Gasteiger partial charge is 0.456 e. The molecule has 0 aliphatic heterocycles. The maximum Gasteiger partial charge on any atom is 0.137 e. The molecule has 0 saturated heterocycles. The van der Waals surface area contributed by atoms with Crippen LogP contribution in [0.25, 0.3) is 82.8 Å². The first-order valence-corrected chi connectivity index (χ1v) is 22.1. The number of hydrogen-bond donors (Lipinski definition) is 0. The number of fused-ring (bicyclic) bond motifs is 12. The van der Waals surface area contributed by atoms with Crippen molar-refractivity contribution in [2.75, 3.05) is 4.90 Å². The molecule has 0 radical (unpaired) electrons. The molecule has 9 aromatic carbocycles. The SMILES string of the molecule is CC1(C)c2ccccc2-c2ccc(N(c3cccc4c3-c3ccccc3C4(C)C)c3cccc4oc5cccc(-c6ccc7c(c6)c6ccccc6n7-c6ccccc6)c5c34)cc21. The molecule has 0 saturated carbocycles. The highest BCUT2D eigenvalue weighted by atomic mass is 16.3. The molecule has 3 heteroatoms. The summed E-state index contributed by atoms with van der Waals surface area (Å²) in [6.07, 6.45) is 0. The van der Waals surface area contributed by atoms with Gasteiger partial charge in [-0.1, -0.05) is 155 Å². The lowest BCUT2D eigenvalue weighted by atomic mass is 9.82. The summed E-state index contributed by atoms with van der Waals surface area (Å²) >= 11 is 0. The average Bonchev–Trinajstić information content (AvgIpc) is 4.01. The molecule has 0 unspecified atom stereocenters. The Morgan fingerprint density at radius 3 is 1.86 bits per heavy atom. The second-order valence-corrected chi connectivity index (χ2v) is 18.5. The minimum atomic E-state index is -0.162. The van der Waals surface area contributed by atoms with E-state index in [4.69, 9.17) is 4.42 Å². The predicted octanol–water partition coefficient (Wildman–Crippen LogP) is 16.4. The maximum absolute atomic E-state index is 6.90. The summed E-state index contributed by atoms with van der Waals surface area (Å²) in [4.78, 5) is 2.53. The maximum atomic E-state index is 6.90. The standard InChI is InChI=1S/C60H44N2O/c1-59(2)47-24-12-9-21-44(47)56-48(59)25-15-27-52(56)62(39-32-33-42-41-19-8-11-23-46(41)60(3,4)49(42)36-39)53-28-16-30-55-58(53)57-40(22-14-29-54(57)63-55)37-31-34-51-45(35-37)43-20-10-13-26-50(43)61(51)38-17-6-5-7-18-38/h5-36H,1-4H3. The van der Waals surface area contributed by atoms with Crippen LogP contribution in [0.3, 0.4) is 0 Å².